The van der Waals surface area contributed by atoms with Crippen molar-refractivity contribution in [3.05, 3.63) is 47.4 Å². The van der Waals surface area contributed by atoms with E-state index in [9.17, 15) is 4.79 Å². The van der Waals surface area contributed by atoms with Gasteiger partial charge in [0.15, 0.2) is 5.76 Å². The molecule has 6 heteroatoms. The maximum absolute atomic E-state index is 12.2. The molecule has 1 aliphatic heterocycles. The summed E-state index contributed by atoms with van der Waals surface area (Å²) in [7, 11) is 0. The zero-order valence-electron chi connectivity index (χ0n) is 13.1. The zero-order valence-corrected chi connectivity index (χ0v) is 13.9. The number of furan rings is 1. The van der Waals surface area contributed by atoms with Gasteiger partial charge in [0.1, 0.15) is 0 Å². The van der Waals surface area contributed by atoms with E-state index in [-0.39, 0.29) is 11.7 Å². The highest BCUT2D eigenvalue weighted by Crippen LogP contribution is 2.34. The van der Waals surface area contributed by atoms with Gasteiger partial charge in [-0.3, -0.25) is 4.79 Å². The molecule has 0 aliphatic carbocycles. The first-order valence-electron chi connectivity index (χ1n) is 7.91. The van der Waals surface area contributed by atoms with Gasteiger partial charge in [0.05, 0.1) is 55.4 Å². The SMILES string of the molecule is CC[NH+]1CCN(c2c(Cl)cccc2NC(=O)c2ccco2)CC1. The Bertz CT molecular complexity index is 664. The molecule has 23 heavy (non-hydrogen) atoms. The van der Waals surface area contributed by atoms with Crippen molar-refractivity contribution in [1.29, 1.82) is 0 Å². The van der Waals surface area contributed by atoms with Gasteiger partial charge >= 0.3 is 0 Å². The number of quaternary nitrogens is 1. The maximum Gasteiger partial charge on any atom is 0.291 e. The van der Waals surface area contributed by atoms with E-state index in [1.165, 1.54) is 6.26 Å². The van der Waals surface area contributed by atoms with E-state index in [0.29, 0.717) is 5.02 Å². The zero-order chi connectivity index (χ0) is 16.2. The first kappa shape index (κ1) is 15.9. The number of nitrogens with zero attached hydrogens (tertiary/aromatic N) is 1. The summed E-state index contributed by atoms with van der Waals surface area (Å²) >= 11 is 6.42. The lowest BCUT2D eigenvalue weighted by Crippen LogP contribution is -3.14. The smallest absolute Gasteiger partial charge is 0.291 e. The molecule has 0 unspecified atom stereocenters. The third-order valence-corrected chi connectivity index (χ3v) is 4.57. The molecule has 5 nitrogen and oxygen atoms in total. The summed E-state index contributed by atoms with van der Waals surface area (Å²) in [5, 5.41) is 3.57. The van der Waals surface area contributed by atoms with Crippen LogP contribution < -0.4 is 15.1 Å². The molecule has 0 radical (unpaired) electrons. The monoisotopic (exact) mass is 334 g/mol. The number of hydrogen-bond acceptors (Lipinski definition) is 3. The highest BCUT2D eigenvalue weighted by molar-refractivity contribution is 6.34. The average molecular weight is 335 g/mol. The van der Waals surface area contributed by atoms with Crippen LogP contribution in [0, 0.1) is 0 Å². The van der Waals surface area contributed by atoms with E-state index in [1.54, 1.807) is 17.0 Å². The van der Waals surface area contributed by atoms with Crippen LogP contribution in [0.15, 0.2) is 41.0 Å². The molecule has 0 spiro atoms. The fourth-order valence-electron chi connectivity index (χ4n) is 2.93. The molecule has 1 fully saturated rings. The van der Waals surface area contributed by atoms with E-state index in [4.69, 9.17) is 16.0 Å². The quantitative estimate of drug-likeness (QED) is 0.898. The number of rotatable bonds is 4. The molecule has 0 bridgehead atoms. The Labute approximate surface area is 140 Å². The van der Waals surface area contributed by atoms with Gasteiger partial charge in [-0.1, -0.05) is 17.7 Å². The Hall–Kier alpha value is -1.98. The highest BCUT2D eigenvalue weighted by Gasteiger charge is 2.23. The van der Waals surface area contributed by atoms with Crippen LogP contribution in [-0.2, 0) is 0 Å². The first-order chi connectivity index (χ1) is 11.2. The summed E-state index contributed by atoms with van der Waals surface area (Å²) in [4.78, 5) is 16.1. The minimum Gasteiger partial charge on any atom is -0.459 e. The van der Waals surface area contributed by atoms with Crippen LogP contribution in [0.1, 0.15) is 17.5 Å². The molecule has 2 aromatic rings. The van der Waals surface area contributed by atoms with Gasteiger partial charge in [0, 0.05) is 0 Å². The molecule has 2 N–H and O–H groups in total. The molecule has 1 saturated heterocycles. The second-order valence-electron chi connectivity index (χ2n) is 5.66. The lowest BCUT2D eigenvalue weighted by atomic mass is 10.2. The Kier molecular flexibility index (Phi) is 4.88. The van der Waals surface area contributed by atoms with Crippen LogP contribution >= 0.6 is 11.6 Å². The molecular formula is C17H21ClN3O2+. The van der Waals surface area contributed by atoms with Crippen molar-refractivity contribution in [3.63, 3.8) is 0 Å². The largest absolute Gasteiger partial charge is 0.459 e. The summed E-state index contributed by atoms with van der Waals surface area (Å²) in [6.45, 7) is 7.35. The maximum atomic E-state index is 12.2. The molecule has 1 aliphatic rings. The van der Waals surface area contributed by atoms with Crippen molar-refractivity contribution in [2.24, 2.45) is 0 Å². The highest BCUT2D eigenvalue weighted by atomic mass is 35.5. The fraction of sp³-hybridized carbons (Fsp3) is 0.353. The van der Waals surface area contributed by atoms with Crippen molar-refractivity contribution in [3.8, 4) is 0 Å². The second kappa shape index (κ2) is 7.06. The third-order valence-electron chi connectivity index (χ3n) is 4.27. The van der Waals surface area contributed by atoms with Crippen LogP contribution in [0.2, 0.25) is 5.02 Å². The van der Waals surface area contributed by atoms with Gasteiger partial charge in [-0.2, -0.15) is 0 Å². The van der Waals surface area contributed by atoms with Crippen molar-refractivity contribution in [1.82, 2.24) is 0 Å². The van der Waals surface area contributed by atoms with E-state index in [1.807, 2.05) is 18.2 Å². The number of benzene rings is 1. The van der Waals surface area contributed by atoms with Crippen molar-refractivity contribution in [2.75, 3.05) is 42.9 Å². The van der Waals surface area contributed by atoms with Crippen LogP contribution in [0.4, 0.5) is 11.4 Å². The number of halogens is 1. The number of carbonyl (C=O) groups is 1. The molecule has 2 heterocycles. The average Bonchev–Trinajstić information content (AvgIpc) is 3.10. The Morgan fingerprint density at radius 1 is 1.30 bits per heavy atom. The van der Waals surface area contributed by atoms with E-state index in [0.717, 1.165) is 44.1 Å². The fourth-order valence-corrected chi connectivity index (χ4v) is 3.22. The molecular weight excluding hydrogens is 314 g/mol. The van der Waals surface area contributed by atoms with Gasteiger partial charge in [0.25, 0.3) is 5.91 Å². The molecule has 3 rings (SSSR count). The van der Waals surface area contributed by atoms with Crippen molar-refractivity contribution < 1.29 is 14.1 Å². The Morgan fingerprint density at radius 3 is 2.74 bits per heavy atom. The van der Waals surface area contributed by atoms with Gasteiger partial charge in [0.2, 0.25) is 0 Å². The molecule has 0 saturated carbocycles. The lowest BCUT2D eigenvalue weighted by molar-refractivity contribution is -0.898. The molecule has 1 amide bonds. The van der Waals surface area contributed by atoms with Crippen LogP contribution in [0.25, 0.3) is 0 Å². The molecule has 122 valence electrons. The van der Waals surface area contributed by atoms with Crippen LogP contribution in [0.5, 0.6) is 0 Å². The Balaban J connectivity index is 1.81. The predicted molar refractivity (Wildman–Crippen MR) is 91.6 cm³/mol. The Morgan fingerprint density at radius 2 is 2.09 bits per heavy atom. The number of carbonyl (C=O) groups excluding carboxylic acids is 1. The topological polar surface area (TPSA) is 49.9 Å². The van der Waals surface area contributed by atoms with Gasteiger partial charge in [-0.15, -0.1) is 0 Å². The number of anilines is 2. The summed E-state index contributed by atoms with van der Waals surface area (Å²) in [6, 6.07) is 8.92. The van der Waals surface area contributed by atoms with E-state index < -0.39 is 0 Å². The number of nitrogens with one attached hydrogen (secondary N) is 2. The normalized spacial score (nSPS) is 15.7. The lowest BCUT2D eigenvalue weighted by Gasteiger charge is -2.34. The second-order valence-corrected chi connectivity index (χ2v) is 6.07. The van der Waals surface area contributed by atoms with E-state index >= 15 is 0 Å². The number of likely N-dealkylation sites (N-methyl/N-ethyl adjacent to an activating group) is 1. The number of piperazine rings is 1. The molecule has 1 aromatic heterocycles. The summed E-state index contributed by atoms with van der Waals surface area (Å²) < 4.78 is 5.15. The summed E-state index contributed by atoms with van der Waals surface area (Å²) in [5.41, 5.74) is 1.61. The third kappa shape index (κ3) is 3.51. The standard InChI is InChI=1S/C17H20ClN3O2/c1-2-20-8-10-21(11-9-20)16-13(18)5-3-6-14(16)19-17(22)15-7-4-12-23-15/h3-7,12H,2,8-11H2,1H3,(H,19,22)/p+1. The summed E-state index contributed by atoms with van der Waals surface area (Å²) in [5.74, 6) is 0.0208. The molecule has 0 atom stereocenters. The van der Waals surface area contributed by atoms with Crippen molar-refractivity contribution in [2.45, 2.75) is 6.92 Å². The minimum atomic E-state index is -0.267. The minimum absolute atomic E-state index is 0.267. The number of para-hydroxylation sites is 1. The number of amides is 1. The van der Waals surface area contributed by atoms with Gasteiger partial charge < -0.3 is 19.5 Å². The number of hydrogen-bond donors (Lipinski definition) is 2. The van der Waals surface area contributed by atoms with E-state index in [2.05, 4.69) is 17.1 Å². The van der Waals surface area contributed by atoms with Crippen LogP contribution in [-0.4, -0.2) is 38.6 Å². The van der Waals surface area contributed by atoms with Crippen LogP contribution in [0.3, 0.4) is 0 Å². The van der Waals surface area contributed by atoms with Gasteiger partial charge in [-0.05, 0) is 31.2 Å². The molecule has 1 aromatic carbocycles. The predicted octanol–water partition coefficient (Wildman–Crippen LogP) is 1.91. The van der Waals surface area contributed by atoms with Gasteiger partial charge in [-0.25, -0.2) is 0 Å². The first-order valence-corrected chi connectivity index (χ1v) is 8.28. The summed E-state index contributed by atoms with van der Waals surface area (Å²) in [6.07, 6.45) is 1.49. The van der Waals surface area contributed by atoms with Crippen molar-refractivity contribution >= 4 is 28.9 Å².